The average Bonchev–Trinajstić information content (AvgIpc) is 2.33. The van der Waals surface area contributed by atoms with E-state index < -0.39 is 0 Å². The molecule has 1 aromatic rings. The first-order chi connectivity index (χ1) is 7.83. The van der Waals surface area contributed by atoms with Crippen LogP contribution in [0.5, 0.6) is 5.75 Å². The van der Waals surface area contributed by atoms with E-state index in [1.165, 1.54) is 0 Å². The van der Waals surface area contributed by atoms with Gasteiger partial charge in [0.2, 0.25) is 0 Å². The molecule has 0 aliphatic rings. The minimum absolute atomic E-state index is 0.796. The zero-order valence-electron chi connectivity index (χ0n) is 10.4. The molecule has 0 fully saturated rings. The van der Waals surface area contributed by atoms with E-state index in [4.69, 9.17) is 4.74 Å². The topological polar surface area (TPSA) is 47.0 Å². The summed E-state index contributed by atoms with van der Waals surface area (Å²) in [5.41, 5.74) is 0.998. The van der Waals surface area contributed by atoms with E-state index in [0.717, 1.165) is 49.5 Å². The Morgan fingerprint density at radius 1 is 1.25 bits per heavy atom. The fraction of sp³-hybridized carbons (Fsp3) is 0.667. The lowest BCUT2D eigenvalue weighted by molar-refractivity contribution is 0.405. The lowest BCUT2D eigenvalue weighted by atomic mass is 10.2. The Labute approximate surface area is 97.5 Å². The normalized spacial score (nSPS) is 10.2. The lowest BCUT2D eigenvalue weighted by Crippen LogP contribution is -2.07. The number of aryl methyl sites for hydroxylation is 1. The molecular weight excluding hydrogens is 202 g/mol. The number of methoxy groups -OCH3 is 1. The summed E-state index contributed by atoms with van der Waals surface area (Å²) >= 11 is 0. The van der Waals surface area contributed by atoms with Crippen molar-refractivity contribution in [1.29, 1.82) is 0 Å². The molecule has 0 saturated heterocycles. The van der Waals surface area contributed by atoms with Gasteiger partial charge in [-0.15, -0.1) is 0 Å². The summed E-state index contributed by atoms with van der Waals surface area (Å²) in [5.74, 6) is 1.61. The van der Waals surface area contributed by atoms with Crippen LogP contribution in [0.1, 0.15) is 38.8 Å². The summed E-state index contributed by atoms with van der Waals surface area (Å²) in [6.45, 7) is 5.20. The quantitative estimate of drug-likeness (QED) is 0.772. The third-order valence-corrected chi connectivity index (χ3v) is 2.39. The highest BCUT2D eigenvalue weighted by Crippen LogP contribution is 2.25. The van der Waals surface area contributed by atoms with E-state index in [0.29, 0.717) is 0 Å². The van der Waals surface area contributed by atoms with Crippen molar-refractivity contribution >= 4 is 5.82 Å². The minimum atomic E-state index is 0.796. The number of hydrogen-bond acceptors (Lipinski definition) is 4. The van der Waals surface area contributed by atoms with Gasteiger partial charge in [-0.25, -0.2) is 9.97 Å². The number of nitrogens with zero attached hydrogens (tertiary/aromatic N) is 2. The van der Waals surface area contributed by atoms with Crippen molar-refractivity contribution < 1.29 is 4.74 Å². The van der Waals surface area contributed by atoms with Gasteiger partial charge in [-0.1, -0.05) is 20.3 Å². The van der Waals surface area contributed by atoms with Gasteiger partial charge in [0.15, 0.2) is 11.6 Å². The Morgan fingerprint density at radius 3 is 2.69 bits per heavy atom. The second-order valence-corrected chi connectivity index (χ2v) is 3.73. The smallest absolute Gasteiger partial charge is 0.182 e. The summed E-state index contributed by atoms with van der Waals surface area (Å²) < 4.78 is 5.38. The van der Waals surface area contributed by atoms with Crippen LogP contribution < -0.4 is 10.1 Å². The van der Waals surface area contributed by atoms with E-state index in [2.05, 4.69) is 29.1 Å². The van der Waals surface area contributed by atoms with Gasteiger partial charge in [-0.05, 0) is 19.3 Å². The Hall–Kier alpha value is -1.32. The summed E-state index contributed by atoms with van der Waals surface area (Å²) in [6.07, 6.45) is 5.90. The largest absolute Gasteiger partial charge is 0.491 e. The molecule has 0 unspecified atom stereocenters. The molecule has 0 aliphatic carbocycles. The molecule has 90 valence electrons. The molecule has 4 nitrogen and oxygen atoms in total. The van der Waals surface area contributed by atoms with Crippen molar-refractivity contribution in [3.05, 3.63) is 12.0 Å². The van der Waals surface area contributed by atoms with Crippen LogP contribution in [0.25, 0.3) is 0 Å². The van der Waals surface area contributed by atoms with Gasteiger partial charge in [-0.3, -0.25) is 0 Å². The maximum Gasteiger partial charge on any atom is 0.182 e. The fourth-order valence-corrected chi connectivity index (χ4v) is 1.52. The summed E-state index contributed by atoms with van der Waals surface area (Å²) in [4.78, 5) is 8.49. The monoisotopic (exact) mass is 223 g/mol. The number of anilines is 1. The van der Waals surface area contributed by atoms with Gasteiger partial charge in [0.1, 0.15) is 6.33 Å². The second kappa shape index (κ2) is 7.04. The molecule has 0 atom stereocenters. The highest BCUT2D eigenvalue weighted by Gasteiger charge is 2.10. The molecule has 0 bridgehead atoms. The van der Waals surface area contributed by atoms with Gasteiger partial charge in [0.25, 0.3) is 0 Å². The first-order valence-corrected chi connectivity index (χ1v) is 5.95. The van der Waals surface area contributed by atoms with Crippen molar-refractivity contribution in [3.8, 4) is 5.75 Å². The van der Waals surface area contributed by atoms with E-state index in [9.17, 15) is 0 Å². The van der Waals surface area contributed by atoms with E-state index in [1.54, 1.807) is 13.4 Å². The van der Waals surface area contributed by atoms with Crippen molar-refractivity contribution in [1.82, 2.24) is 9.97 Å². The van der Waals surface area contributed by atoms with Crippen LogP contribution in [0.3, 0.4) is 0 Å². The highest BCUT2D eigenvalue weighted by molar-refractivity contribution is 5.52. The molecule has 0 saturated carbocycles. The Kier molecular flexibility index (Phi) is 5.61. The second-order valence-electron chi connectivity index (χ2n) is 3.73. The predicted molar refractivity (Wildman–Crippen MR) is 66.0 cm³/mol. The lowest BCUT2D eigenvalue weighted by Gasteiger charge is -2.12. The number of nitrogens with one attached hydrogen (secondary N) is 1. The van der Waals surface area contributed by atoms with Gasteiger partial charge in [0.05, 0.1) is 12.8 Å². The summed E-state index contributed by atoms with van der Waals surface area (Å²) in [6, 6.07) is 0. The van der Waals surface area contributed by atoms with Crippen LogP contribution in [0.2, 0.25) is 0 Å². The zero-order chi connectivity index (χ0) is 11.8. The Balaban J connectivity index is 2.82. The van der Waals surface area contributed by atoms with Gasteiger partial charge >= 0.3 is 0 Å². The molecule has 1 N–H and O–H groups in total. The van der Waals surface area contributed by atoms with Gasteiger partial charge in [-0.2, -0.15) is 0 Å². The van der Waals surface area contributed by atoms with Crippen molar-refractivity contribution in [2.75, 3.05) is 19.0 Å². The number of rotatable bonds is 7. The maximum absolute atomic E-state index is 5.38. The van der Waals surface area contributed by atoms with Crippen LogP contribution in [-0.4, -0.2) is 23.6 Å². The number of unbranched alkanes of at least 4 members (excludes halogenated alkanes) is 1. The van der Waals surface area contributed by atoms with E-state index >= 15 is 0 Å². The standard InChI is InChI=1S/C12H21N3O/c1-4-6-7-10-11(16-3)12(13-8-5-2)15-9-14-10/h9H,4-8H2,1-3H3,(H,13,14,15). The minimum Gasteiger partial charge on any atom is -0.491 e. The van der Waals surface area contributed by atoms with Crippen molar-refractivity contribution in [2.24, 2.45) is 0 Å². The zero-order valence-corrected chi connectivity index (χ0v) is 10.4. The van der Waals surface area contributed by atoms with Crippen molar-refractivity contribution in [3.63, 3.8) is 0 Å². The van der Waals surface area contributed by atoms with Crippen LogP contribution in [0.15, 0.2) is 6.33 Å². The molecule has 0 spiro atoms. The molecule has 1 aromatic heterocycles. The van der Waals surface area contributed by atoms with Crippen molar-refractivity contribution in [2.45, 2.75) is 39.5 Å². The molecule has 1 rings (SSSR count). The number of hydrogen-bond donors (Lipinski definition) is 1. The van der Waals surface area contributed by atoms with Crippen LogP contribution in [-0.2, 0) is 6.42 Å². The summed E-state index contributed by atoms with van der Waals surface area (Å²) in [7, 11) is 1.67. The maximum atomic E-state index is 5.38. The molecule has 16 heavy (non-hydrogen) atoms. The van der Waals surface area contributed by atoms with E-state index in [1.807, 2.05) is 0 Å². The average molecular weight is 223 g/mol. The predicted octanol–water partition coefficient (Wildman–Crippen LogP) is 2.65. The highest BCUT2D eigenvalue weighted by atomic mass is 16.5. The van der Waals surface area contributed by atoms with E-state index in [-0.39, 0.29) is 0 Å². The number of aromatic nitrogens is 2. The first kappa shape index (κ1) is 12.7. The SMILES string of the molecule is CCCCc1ncnc(NCCC)c1OC. The molecular formula is C12H21N3O. The van der Waals surface area contributed by atoms with Gasteiger partial charge in [0, 0.05) is 6.54 Å². The molecule has 0 aliphatic heterocycles. The van der Waals surface area contributed by atoms with Crippen LogP contribution in [0, 0.1) is 0 Å². The summed E-state index contributed by atoms with van der Waals surface area (Å²) in [5, 5.41) is 3.25. The molecule has 0 aromatic carbocycles. The fourth-order valence-electron chi connectivity index (χ4n) is 1.52. The third kappa shape index (κ3) is 3.36. The van der Waals surface area contributed by atoms with Gasteiger partial charge < -0.3 is 10.1 Å². The Bertz CT molecular complexity index is 289. The first-order valence-electron chi connectivity index (χ1n) is 5.95. The molecule has 1 heterocycles. The van der Waals surface area contributed by atoms with Crippen LogP contribution >= 0.6 is 0 Å². The molecule has 0 amide bonds. The molecule has 0 radical (unpaired) electrons. The molecule has 4 heteroatoms. The number of ether oxygens (including phenoxy) is 1. The third-order valence-electron chi connectivity index (χ3n) is 2.39. The Morgan fingerprint density at radius 2 is 2.06 bits per heavy atom. The van der Waals surface area contributed by atoms with Crippen LogP contribution in [0.4, 0.5) is 5.82 Å².